The van der Waals surface area contributed by atoms with Crippen LogP contribution in [0.3, 0.4) is 0 Å². The molecule has 0 heterocycles. The predicted molar refractivity (Wildman–Crippen MR) is 110 cm³/mol. The van der Waals surface area contributed by atoms with Crippen molar-refractivity contribution in [1.82, 2.24) is 0 Å². The average Bonchev–Trinajstić information content (AvgIpc) is 3.44. The highest BCUT2D eigenvalue weighted by Crippen LogP contribution is 2.47. The van der Waals surface area contributed by atoms with E-state index in [0.717, 1.165) is 11.1 Å². The van der Waals surface area contributed by atoms with E-state index in [1.807, 2.05) is 18.2 Å². The SMILES string of the molecule is CC(C)c1ccc(NC(=O)C(=O)Nc2cccc(C3CC3C(=O)O)c2)c(Br)c1. The fourth-order valence-corrected chi connectivity index (χ4v) is 3.54. The molecule has 0 bridgehead atoms. The van der Waals surface area contributed by atoms with Crippen molar-refractivity contribution < 1.29 is 19.5 Å². The molecule has 0 radical (unpaired) electrons. The second kappa shape index (κ2) is 8.14. The summed E-state index contributed by atoms with van der Waals surface area (Å²) in [6, 6.07) is 12.5. The summed E-state index contributed by atoms with van der Waals surface area (Å²) in [6.45, 7) is 4.14. The van der Waals surface area contributed by atoms with Crippen LogP contribution in [0.25, 0.3) is 0 Å². The Labute approximate surface area is 171 Å². The van der Waals surface area contributed by atoms with Crippen LogP contribution in [0.5, 0.6) is 0 Å². The van der Waals surface area contributed by atoms with Crippen LogP contribution in [0.15, 0.2) is 46.9 Å². The van der Waals surface area contributed by atoms with Gasteiger partial charge in [0.15, 0.2) is 0 Å². The number of carboxylic acid groups (broad SMARTS) is 1. The third kappa shape index (κ3) is 4.59. The molecule has 1 aliphatic carbocycles. The molecule has 6 nitrogen and oxygen atoms in total. The third-order valence-corrected chi connectivity index (χ3v) is 5.45. The second-order valence-electron chi connectivity index (χ2n) is 7.21. The van der Waals surface area contributed by atoms with Crippen molar-refractivity contribution in [2.45, 2.75) is 32.1 Å². The molecule has 2 atom stereocenters. The number of carboxylic acids is 1. The highest BCUT2D eigenvalue weighted by molar-refractivity contribution is 9.10. The standard InChI is InChI=1S/C21H21BrN2O4/c1-11(2)12-6-7-18(17(22)9-12)24-20(26)19(25)23-14-5-3-4-13(8-14)15-10-16(15)21(27)28/h3-9,11,15-16H,10H2,1-2H3,(H,23,25)(H,24,26)(H,27,28). The van der Waals surface area contributed by atoms with Crippen molar-refractivity contribution in [3.05, 3.63) is 58.1 Å². The maximum atomic E-state index is 12.2. The molecule has 0 aliphatic heterocycles. The number of nitrogens with one attached hydrogen (secondary N) is 2. The zero-order valence-electron chi connectivity index (χ0n) is 15.5. The van der Waals surface area contributed by atoms with Crippen molar-refractivity contribution in [3.8, 4) is 0 Å². The fourth-order valence-electron chi connectivity index (χ4n) is 3.04. The number of anilines is 2. The second-order valence-corrected chi connectivity index (χ2v) is 8.07. The van der Waals surface area contributed by atoms with Gasteiger partial charge >= 0.3 is 17.8 Å². The lowest BCUT2D eigenvalue weighted by atomic mass is 10.0. The van der Waals surface area contributed by atoms with Gasteiger partial charge in [0.25, 0.3) is 0 Å². The minimum Gasteiger partial charge on any atom is -0.481 e. The number of hydrogen-bond donors (Lipinski definition) is 3. The van der Waals surface area contributed by atoms with E-state index in [1.54, 1.807) is 24.3 Å². The highest BCUT2D eigenvalue weighted by Gasteiger charge is 2.44. The molecular formula is C21H21BrN2O4. The smallest absolute Gasteiger partial charge is 0.314 e. The normalized spacial score (nSPS) is 17.9. The summed E-state index contributed by atoms with van der Waals surface area (Å²) in [5.74, 6) is -2.45. The molecule has 0 aromatic heterocycles. The molecule has 1 fully saturated rings. The van der Waals surface area contributed by atoms with Gasteiger partial charge in [-0.25, -0.2) is 0 Å². The molecule has 146 valence electrons. The van der Waals surface area contributed by atoms with Crippen molar-refractivity contribution in [2.24, 2.45) is 5.92 Å². The Morgan fingerprint density at radius 2 is 1.79 bits per heavy atom. The molecule has 1 saturated carbocycles. The number of hydrogen-bond acceptors (Lipinski definition) is 3. The Morgan fingerprint density at radius 3 is 2.39 bits per heavy atom. The number of benzene rings is 2. The van der Waals surface area contributed by atoms with Crippen LogP contribution in [0, 0.1) is 5.92 Å². The summed E-state index contributed by atoms with van der Waals surface area (Å²) in [5.41, 5.74) is 2.94. The highest BCUT2D eigenvalue weighted by atomic mass is 79.9. The van der Waals surface area contributed by atoms with E-state index in [4.69, 9.17) is 5.11 Å². The van der Waals surface area contributed by atoms with E-state index < -0.39 is 17.8 Å². The Bertz CT molecular complexity index is 942. The first-order valence-corrected chi connectivity index (χ1v) is 9.80. The summed E-state index contributed by atoms with van der Waals surface area (Å²) >= 11 is 3.42. The van der Waals surface area contributed by atoms with E-state index in [0.29, 0.717) is 28.2 Å². The lowest BCUT2D eigenvalue weighted by Crippen LogP contribution is -2.29. The lowest BCUT2D eigenvalue weighted by Gasteiger charge is -2.11. The number of carbonyl (C=O) groups excluding carboxylic acids is 2. The molecule has 0 spiro atoms. The van der Waals surface area contributed by atoms with Crippen molar-refractivity contribution in [2.75, 3.05) is 10.6 Å². The maximum absolute atomic E-state index is 12.2. The number of rotatable bonds is 5. The van der Waals surface area contributed by atoms with Crippen molar-refractivity contribution in [3.63, 3.8) is 0 Å². The van der Waals surface area contributed by atoms with Crippen LogP contribution in [-0.2, 0) is 14.4 Å². The Morgan fingerprint density at radius 1 is 1.07 bits per heavy atom. The molecule has 3 rings (SSSR count). The summed E-state index contributed by atoms with van der Waals surface area (Å²) in [7, 11) is 0. The quantitative estimate of drug-likeness (QED) is 0.597. The molecule has 2 amide bonds. The molecule has 2 aromatic rings. The van der Waals surface area contributed by atoms with Crippen LogP contribution >= 0.6 is 15.9 Å². The van der Waals surface area contributed by atoms with Gasteiger partial charge in [-0.15, -0.1) is 0 Å². The first-order chi connectivity index (χ1) is 13.3. The van der Waals surface area contributed by atoms with Gasteiger partial charge in [-0.3, -0.25) is 14.4 Å². The van der Waals surface area contributed by atoms with Crippen LogP contribution in [0.1, 0.15) is 43.2 Å². The summed E-state index contributed by atoms with van der Waals surface area (Å²) < 4.78 is 0.704. The Hall–Kier alpha value is -2.67. The van der Waals surface area contributed by atoms with Gasteiger partial charge in [0.1, 0.15) is 0 Å². The summed E-state index contributed by atoms with van der Waals surface area (Å²) in [5, 5.41) is 14.2. The fraction of sp³-hybridized carbons (Fsp3) is 0.286. The van der Waals surface area contributed by atoms with E-state index in [2.05, 4.69) is 40.4 Å². The minimum atomic E-state index is -0.812. The van der Waals surface area contributed by atoms with E-state index >= 15 is 0 Å². The van der Waals surface area contributed by atoms with Gasteiger partial charge in [0.2, 0.25) is 0 Å². The van der Waals surface area contributed by atoms with E-state index in [9.17, 15) is 14.4 Å². The number of aliphatic carboxylic acids is 1. The maximum Gasteiger partial charge on any atom is 0.314 e. The first kappa shape index (κ1) is 20.1. The summed E-state index contributed by atoms with van der Waals surface area (Å²) in [6.07, 6.45) is 0.591. The molecule has 0 saturated heterocycles. The topological polar surface area (TPSA) is 95.5 Å². The van der Waals surface area contributed by atoms with Gasteiger partial charge < -0.3 is 15.7 Å². The monoisotopic (exact) mass is 444 g/mol. The Balaban J connectivity index is 1.64. The predicted octanol–water partition coefficient (Wildman–Crippen LogP) is 4.34. The Kier molecular flexibility index (Phi) is 5.84. The molecule has 28 heavy (non-hydrogen) atoms. The van der Waals surface area contributed by atoms with Crippen LogP contribution in [0.2, 0.25) is 0 Å². The van der Waals surface area contributed by atoms with Crippen LogP contribution in [-0.4, -0.2) is 22.9 Å². The molecule has 7 heteroatoms. The largest absolute Gasteiger partial charge is 0.481 e. The van der Waals surface area contributed by atoms with Gasteiger partial charge in [-0.2, -0.15) is 0 Å². The van der Waals surface area contributed by atoms with E-state index in [-0.39, 0.29) is 11.8 Å². The van der Waals surface area contributed by atoms with Gasteiger partial charge in [-0.05, 0) is 69.6 Å². The lowest BCUT2D eigenvalue weighted by molar-refractivity contribution is -0.138. The van der Waals surface area contributed by atoms with Gasteiger partial charge in [-0.1, -0.05) is 32.0 Å². The number of amides is 2. The van der Waals surface area contributed by atoms with Crippen molar-refractivity contribution in [1.29, 1.82) is 0 Å². The minimum absolute atomic E-state index is 0.0430. The molecule has 2 unspecified atom stereocenters. The zero-order valence-corrected chi connectivity index (χ0v) is 17.1. The molecule has 2 aromatic carbocycles. The molecular weight excluding hydrogens is 424 g/mol. The first-order valence-electron chi connectivity index (χ1n) is 9.00. The van der Waals surface area contributed by atoms with Crippen molar-refractivity contribution >= 4 is 45.1 Å². The van der Waals surface area contributed by atoms with Crippen LogP contribution < -0.4 is 10.6 Å². The van der Waals surface area contributed by atoms with Crippen LogP contribution in [0.4, 0.5) is 11.4 Å². The molecule has 1 aliphatic rings. The zero-order chi connectivity index (χ0) is 20.4. The number of halogens is 1. The van der Waals surface area contributed by atoms with E-state index in [1.165, 1.54) is 0 Å². The third-order valence-electron chi connectivity index (χ3n) is 4.79. The average molecular weight is 445 g/mol. The summed E-state index contributed by atoms with van der Waals surface area (Å²) in [4.78, 5) is 35.5. The van der Waals surface area contributed by atoms with Gasteiger partial charge in [0, 0.05) is 10.2 Å². The van der Waals surface area contributed by atoms with Gasteiger partial charge in [0.05, 0.1) is 11.6 Å². The number of carbonyl (C=O) groups is 3. The molecule has 3 N–H and O–H groups in total.